The fourth-order valence-electron chi connectivity index (χ4n) is 3.61. The van der Waals surface area contributed by atoms with Gasteiger partial charge in [-0.3, -0.25) is 14.9 Å². The third-order valence-electron chi connectivity index (χ3n) is 5.09. The fourth-order valence-corrected chi connectivity index (χ4v) is 3.61. The Morgan fingerprint density at radius 1 is 1.03 bits per heavy atom. The van der Waals surface area contributed by atoms with Gasteiger partial charge in [0.25, 0.3) is 5.91 Å². The Labute approximate surface area is 184 Å². The number of nitrogens with zero attached hydrogens (tertiary/aromatic N) is 1. The van der Waals surface area contributed by atoms with Gasteiger partial charge in [-0.05, 0) is 51.1 Å². The molecule has 0 saturated heterocycles. The monoisotopic (exact) mass is 446 g/mol. The number of alkyl halides is 2. The Morgan fingerprint density at radius 2 is 1.62 bits per heavy atom. The molecule has 170 valence electrons. The number of fused-ring (bicyclic) bond motifs is 1. The number of halogens is 2. The van der Waals surface area contributed by atoms with Crippen LogP contribution in [-0.4, -0.2) is 43.5 Å². The number of ether oxygens (including phenoxy) is 2. The van der Waals surface area contributed by atoms with Crippen LogP contribution in [0.1, 0.15) is 36.7 Å². The molecule has 2 aromatic carbocycles. The van der Waals surface area contributed by atoms with E-state index in [1.807, 2.05) is 0 Å². The van der Waals surface area contributed by atoms with Crippen molar-refractivity contribution in [2.24, 2.45) is 0 Å². The summed E-state index contributed by atoms with van der Waals surface area (Å²) in [7, 11) is 2.70. The molecule has 7 nitrogen and oxygen atoms in total. The van der Waals surface area contributed by atoms with Crippen molar-refractivity contribution in [3.63, 3.8) is 0 Å². The average Bonchev–Trinajstić information content (AvgIpc) is 2.95. The molecule has 1 N–H and O–H groups in total. The number of ketones is 1. The zero-order chi connectivity index (χ0) is 23.9. The minimum Gasteiger partial charge on any atom is -0.497 e. The molecule has 0 spiro atoms. The number of carbonyl (C=O) groups is 3. The van der Waals surface area contributed by atoms with Crippen LogP contribution >= 0.6 is 0 Å². The normalized spacial score (nSPS) is 18.2. The van der Waals surface area contributed by atoms with Crippen LogP contribution in [0.15, 0.2) is 48.5 Å². The minimum absolute atomic E-state index is 0.149. The second-order valence-corrected chi connectivity index (χ2v) is 8.39. The average molecular weight is 446 g/mol. The van der Waals surface area contributed by atoms with Crippen LogP contribution in [0.2, 0.25) is 0 Å². The Hall–Kier alpha value is -3.49. The van der Waals surface area contributed by atoms with Crippen molar-refractivity contribution in [3.05, 3.63) is 59.7 Å². The summed E-state index contributed by atoms with van der Waals surface area (Å²) in [6.07, 6.45) is -1.25. The predicted octanol–water partition coefficient (Wildman–Crippen LogP) is 3.91. The van der Waals surface area contributed by atoms with E-state index in [0.29, 0.717) is 5.75 Å². The first-order chi connectivity index (χ1) is 14.8. The van der Waals surface area contributed by atoms with Gasteiger partial charge in [-0.2, -0.15) is 8.78 Å². The van der Waals surface area contributed by atoms with Crippen LogP contribution in [-0.2, 0) is 15.1 Å². The molecule has 1 unspecified atom stereocenters. The van der Waals surface area contributed by atoms with Gasteiger partial charge in [0.05, 0.1) is 7.11 Å². The molecule has 0 saturated carbocycles. The molecule has 1 heterocycles. The Kier molecular flexibility index (Phi) is 5.71. The van der Waals surface area contributed by atoms with Gasteiger partial charge in [0.15, 0.2) is 0 Å². The number of para-hydroxylation sites is 1. The number of nitrogens with one attached hydrogen (secondary N) is 1. The van der Waals surface area contributed by atoms with E-state index >= 15 is 8.78 Å². The number of likely N-dealkylation sites (N-methyl/N-ethyl adjacent to an activating group) is 1. The molecular formula is C23H24F2N2O5. The molecule has 0 aliphatic carbocycles. The van der Waals surface area contributed by atoms with Crippen LogP contribution < -0.4 is 15.0 Å². The first-order valence-corrected chi connectivity index (χ1v) is 9.80. The molecule has 0 radical (unpaired) electrons. The molecule has 1 aliphatic heterocycles. The molecule has 2 amide bonds. The van der Waals surface area contributed by atoms with Crippen molar-refractivity contribution in [2.45, 2.75) is 37.8 Å². The highest BCUT2D eigenvalue weighted by Gasteiger charge is 2.70. The second-order valence-electron chi connectivity index (χ2n) is 8.39. The molecule has 32 heavy (non-hydrogen) atoms. The maximum absolute atomic E-state index is 16.0. The van der Waals surface area contributed by atoms with Crippen LogP contribution in [0.5, 0.6) is 5.75 Å². The van der Waals surface area contributed by atoms with Gasteiger partial charge >= 0.3 is 12.0 Å². The van der Waals surface area contributed by atoms with Crippen molar-refractivity contribution >= 4 is 23.5 Å². The van der Waals surface area contributed by atoms with Crippen molar-refractivity contribution < 1.29 is 32.6 Å². The van der Waals surface area contributed by atoms with Gasteiger partial charge in [-0.1, -0.05) is 18.2 Å². The summed E-state index contributed by atoms with van der Waals surface area (Å²) in [4.78, 5) is 39.9. The first-order valence-electron chi connectivity index (χ1n) is 9.80. The maximum atomic E-state index is 16.0. The zero-order valence-corrected chi connectivity index (χ0v) is 18.4. The van der Waals surface area contributed by atoms with E-state index in [0.717, 1.165) is 4.90 Å². The predicted molar refractivity (Wildman–Crippen MR) is 113 cm³/mol. The lowest BCUT2D eigenvalue weighted by Gasteiger charge is -2.36. The van der Waals surface area contributed by atoms with Crippen molar-refractivity contribution in [1.82, 2.24) is 5.32 Å². The fraction of sp³-hybridized carbons (Fsp3) is 0.348. The SMILES string of the molecule is COc1ccc(C(=O)C(F)(F)C2(NC(=O)OC(C)(C)C)C(=O)N(C)c3ccccc32)cc1. The van der Waals surface area contributed by atoms with E-state index in [1.54, 1.807) is 26.8 Å². The van der Waals surface area contributed by atoms with Crippen LogP contribution in [0, 0.1) is 0 Å². The van der Waals surface area contributed by atoms with Crippen molar-refractivity contribution in [2.75, 3.05) is 19.1 Å². The summed E-state index contributed by atoms with van der Waals surface area (Å²) >= 11 is 0. The van der Waals surface area contributed by atoms with E-state index < -0.39 is 34.8 Å². The van der Waals surface area contributed by atoms with Gasteiger partial charge in [0.1, 0.15) is 11.4 Å². The zero-order valence-electron chi connectivity index (χ0n) is 18.4. The molecule has 0 aromatic heterocycles. The number of benzene rings is 2. The van der Waals surface area contributed by atoms with Crippen molar-refractivity contribution in [1.29, 1.82) is 0 Å². The molecule has 3 rings (SSSR count). The van der Waals surface area contributed by atoms with E-state index in [1.165, 1.54) is 56.6 Å². The quantitative estimate of drug-likeness (QED) is 0.704. The maximum Gasteiger partial charge on any atom is 0.408 e. The van der Waals surface area contributed by atoms with Crippen molar-refractivity contribution in [3.8, 4) is 5.75 Å². The van der Waals surface area contributed by atoms with Gasteiger partial charge in [-0.15, -0.1) is 0 Å². The van der Waals surface area contributed by atoms with Gasteiger partial charge in [0, 0.05) is 23.9 Å². The van der Waals surface area contributed by atoms with E-state index in [-0.39, 0.29) is 16.8 Å². The summed E-state index contributed by atoms with van der Waals surface area (Å²) in [5.74, 6) is -6.77. The summed E-state index contributed by atoms with van der Waals surface area (Å²) in [5, 5.41) is 2.05. The number of hydrogen-bond donors (Lipinski definition) is 1. The number of rotatable bonds is 5. The molecule has 1 atom stereocenters. The summed E-state index contributed by atoms with van der Waals surface area (Å²) < 4.78 is 42.2. The number of carbonyl (C=O) groups excluding carboxylic acids is 3. The number of methoxy groups -OCH3 is 1. The highest BCUT2D eigenvalue weighted by Crippen LogP contribution is 2.49. The molecule has 2 aromatic rings. The lowest BCUT2D eigenvalue weighted by Crippen LogP contribution is -2.66. The highest BCUT2D eigenvalue weighted by molar-refractivity contribution is 6.15. The molecule has 0 bridgehead atoms. The number of alkyl carbamates (subject to hydrolysis) is 1. The lowest BCUT2D eigenvalue weighted by molar-refractivity contribution is -0.138. The van der Waals surface area contributed by atoms with Crippen LogP contribution in [0.4, 0.5) is 19.3 Å². The third-order valence-corrected chi connectivity index (χ3v) is 5.09. The second kappa shape index (κ2) is 7.89. The topological polar surface area (TPSA) is 84.9 Å². The van der Waals surface area contributed by atoms with Crippen LogP contribution in [0.3, 0.4) is 0 Å². The number of amides is 2. The number of Topliss-reactive ketones (excluding diaryl/α,β-unsaturated/α-hetero) is 1. The van der Waals surface area contributed by atoms with E-state index in [4.69, 9.17) is 9.47 Å². The third kappa shape index (κ3) is 3.68. The Balaban J connectivity index is 2.17. The van der Waals surface area contributed by atoms with Gasteiger partial charge in [0.2, 0.25) is 11.3 Å². The summed E-state index contributed by atoms with van der Waals surface area (Å²) in [6, 6.07) is 10.8. The number of hydrogen-bond acceptors (Lipinski definition) is 5. The molecular weight excluding hydrogens is 422 g/mol. The number of anilines is 1. The highest BCUT2D eigenvalue weighted by atomic mass is 19.3. The Morgan fingerprint density at radius 3 is 2.19 bits per heavy atom. The molecule has 9 heteroatoms. The van der Waals surface area contributed by atoms with Gasteiger partial charge in [-0.25, -0.2) is 4.79 Å². The standard InChI is InChI=1S/C23H24F2N2O5/c1-21(2,3)32-20(30)26-22(16-8-6-7-9-17(16)27(4)19(22)29)23(24,25)18(28)14-10-12-15(31-5)13-11-14/h6-13H,1-5H3,(H,26,30). The van der Waals surface area contributed by atoms with Crippen LogP contribution in [0.25, 0.3) is 0 Å². The van der Waals surface area contributed by atoms with E-state index in [9.17, 15) is 14.4 Å². The molecule has 0 fully saturated rings. The Bertz CT molecular complexity index is 1060. The first kappa shape index (κ1) is 23.2. The molecule has 1 aliphatic rings. The summed E-state index contributed by atoms with van der Waals surface area (Å²) in [5.41, 5.74) is -4.41. The lowest BCUT2D eigenvalue weighted by atomic mass is 9.81. The van der Waals surface area contributed by atoms with Gasteiger partial charge < -0.3 is 14.4 Å². The smallest absolute Gasteiger partial charge is 0.408 e. The minimum atomic E-state index is -4.35. The summed E-state index contributed by atoms with van der Waals surface area (Å²) in [6.45, 7) is 4.66. The largest absolute Gasteiger partial charge is 0.497 e. The van der Waals surface area contributed by atoms with E-state index in [2.05, 4.69) is 5.32 Å².